The molecule has 3 rings (SSSR count). The van der Waals surface area contributed by atoms with Gasteiger partial charge in [0, 0.05) is 12.3 Å². The lowest BCUT2D eigenvalue weighted by molar-refractivity contribution is -0.167. The number of fused-ring (bicyclic) bond motifs is 1. The third-order valence-electron chi connectivity index (χ3n) is 8.12. The maximum atomic E-state index is 13.2. The van der Waals surface area contributed by atoms with Crippen LogP contribution in [0, 0.1) is 23.2 Å². The van der Waals surface area contributed by atoms with Crippen LogP contribution in [0.25, 0.3) is 0 Å². The van der Waals surface area contributed by atoms with Crippen LogP contribution < -0.4 is 0 Å². The Kier molecular flexibility index (Phi) is 8.01. The lowest BCUT2D eigenvalue weighted by atomic mass is 9.66. The molecular weight excluding hydrogens is 392 g/mol. The van der Waals surface area contributed by atoms with Gasteiger partial charge in [-0.3, -0.25) is 9.59 Å². The normalized spacial score (nSPS) is 33.3. The smallest absolute Gasteiger partial charge is 0.312 e. The van der Waals surface area contributed by atoms with Gasteiger partial charge in [-0.25, -0.2) is 0 Å². The zero-order valence-corrected chi connectivity index (χ0v) is 19.6. The quantitative estimate of drug-likeness (QED) is 0.539. The van der Waals surface area contributed by atoms with Crippen LogP contribution in [0.1, 0.15) is 85.5 Å². The van der Waals surface area contributed by atoms with E-state index in [2.05, 4.69) is 45.9 Å². The van der Waals surface area contributed by atoms with E-state index in [1.165, 1.54) is 5.57 Å². The van der Waals surface area contributed by atoms with Gasteiger partial charge in [0.25, 0.3) is 0 Å². The first-order valence-electron chi connectivity index (χ1n) is 12.3. The summed E-state index contributed by atoms with van der Waals surface area (Å²) in [6.45, 7) is 8.46. The molecule has 0 amide bonds. The van der Waals surface area contributed by atoms with E-state index < -0.39 is 6.10 Å². The molecule has 2 unspecified atom stereocenters. The van der Waals surface area contributed by atoms with Gasteiger partial charge in [0.1, 0.15) is 12.2 Å². The molecule has 1 heterocycles. The summed E-state index contributed by atoms with van der Waals surface area (Å²) in [7, 11) is 0. The summed E-state index contributed by atoms with van der Waals surface area (Å²) in [5, 5.41) is 9.94. The molecule has 0 spiro atoms. The monoisotopic (exact) mass is 432 g/mol. The van der Waals surface area contributed by atoms with E-state index in [-0.39, 0.29) is 41.9 Å². The second-order valence-electron chi connectivity index (χ2n) is 9.76. The van der Waals surface area contributed by atoms with E-state index in [1.54, 1.807) is 0 Å². The lowest BCUT2D eigenvalue weighted by Gasteiger charge is -2.43. The highest BCUT2D eigenvalue weighted by atomic mass is 16.6. The van der Waals surface area contributed by atoms with Crippen molar-refractivity contribution in [1.29, 1.82) is 0 Å². The number of hydrogen-bond acceptors (Lipinski definition) is 5. The van der Waals surface area contributed by atoms with E-state index in [9.17, 15) is 14.7 Å². The molecule has 1 saturated heterocycles. The van der Waals surface area contributed by atoms with Crippen LogP contribution in [0.2, 0.25) is 0 Å². The van der Waals surface area contributed by atoms with Gasteiger partial charge in [0.05, 0.1) is 17.9 Å². The van der Waals surface area contributed by atoms with Crippen molar-refractivity contribution < 1.29 is 24.2 Å². The summed E-state index contributed by atoms with van der Waals surface area (Å²) in [6.07, 6.45) is 12.3. The minimum Gasteiger partial charge on any atom is -0.462 e. The Bertz CT molecular complexity index is 696. The molecule has 31 heavy (non-hydrogen) atoms. The summed E-state index contributed by atoms with van der Waals surface area (Å²) < 4.78 is 11.7. The maximum absolute atomic E-state index is 13.2. The molecular formula is C26H40O5. The summed E-state index contributed by atoms with van der Waals surface area (Å²) in [6, 6.07) is 0. The average molecular weight is 433 g/mol. The molecule has 5 heteroatoms. The number of ether oxygens (including phenoxy) is 2. The van der Waals surface area contributed by atoms with Crippen molar-refractivity contribution in [3.63, 3.8) is 0 Å². The van der Waals surface area contributed by atoms with Gasteiger partial charge < -0.3 is 14.6 Å². The Balaban J connectivity index is 1.74. The first kappa shape index (κ1) is 24.0. The molecule has 0 aromatic heterocycles. The molecule has 1 fully saturated rings. The van der Waals surface area contributed by atoms with E-state index in [4.69, 9.17) is 9.47 Å². The van der Waals surface area contributed by atoms with Crippen molar-refractivity contribution in [3.8, 4) is 0 Å². The number of cyclic esters (lactones) is 1. The van der Waals surface area contributed by atoms with Crippen molar-refractivity contribution in [3.05, 3.63) is 23.8 Å². The van der Waals surface area contributed by atoms with Crippen LogP contribution in [0.3, 0.4) is 0 Å². The SMILES string of the molecule is CCC(CC)(CC)C(=O)O[C@H]1CCC=C2C=C[C@H](C)[C@H](CCC3CC(O)CC(=O)O3)[C@H]21. The second-order valence-corrected chi connectivity index (χ2v) is 9.76. The van der Waals surface area contributed by atoms with Crippen LogP contribution in [0.15, 0.2) is 23.8 Å². The third-order valence-corrected chi connectivity index (χ3v) is 8.12. The number of hydrogen-bond donors (Lipinski definition) is 1. The Morgan fingerprint density at radius 3 is 2.58 bits per heavy atom. The highest BCUT2D eigenvalue weighted by molar-refractivity contribution is 5.77. The average Bonchev–Trinajstić information content (AvgIpc) is 2.74. The number of aliphatic hydroxyl groups excluding tert-OH is 1. The standard InChI is InChI=1S/C26H40O5/c1-5-26(6-2,7-3)25(29)31-22-10-8-9-18-12-11-17(4)21(24(18)22)14-13-20-15-19(27)16-23(28)30-20/h9,11-12,17,19-22,24,27H,5-8,10,13-16H2,1-4H3/t17-,19?,20?,21-,22-,24-/m0/s1. The topological polar surface area (TPSA) is 72.8 Å². The number of carbonyl (C=O) groups is 2. The Morgan fingerprint density at radius 2 is 1.94 bits per heavy atom. The van der Waals surface area contributed by atoms with E-state index in [0.29, 0.717) is 18.3 Å². The summed E-state index contributed by atoms with van der Waals surface area (Å²) in [5.41, 5.74) is 0.891. The van der Waals surface area contributed by atoms with Gasteiger partial charge in [0.15, 0.2) is 0 Å². The van der Waals surface area contributed by atoms with Gasteiger partial charge in [-0.05, 0) is 62.4 Å². The molecule has 0 radical (unpaired) electrons. The molecule has 3 aliphatic rings. The zero-order chi connectivity index (χ0) is 22.6. The molecule has 0 bridgehead atoms. The van der Waals surface area contributed by atoms with Crippen molar-refractivity contribution in [2.24, 2.45) is 23.2 Å². The summed E-state index contributed by atoms with van der Waals surface area (Å²) in [4.78, 5) is 24.9. The first-order chi connectivity index (χ1) is 14.8. The van der Waals surface area contributed by atoms with Gasteiger partial charge >= 0.3 is 11.9 Å². The van der Waals surface area contributed by atoms with Crippen LogP contribution in [0.5, 0.6) is 0 Å². The fourth-order valence-corrected chi connectivity index (χ4v) is 5.82. The molecule has 2 aliphatic carbocycles. The molecule has 5 nitrogen and oxygen atoms in total. The predicted molar refractivity (Wildman–Crippen MR) is 120 cm³/mol. The molecule has 1 N–H and O–H groups in total. The number of aliphatic hydroxyl groups is 1. The second kappa shape index (κ2) is 10.3. The maximum Gasteiger partial charge on any atom is 0.312 e. The molecule has 0 aromatic rings. The van der Waals surface area contributed by atoms with Crippen LogP contribution in [-0.2, 0) is 19.1 Å². The Labute approximate surface area is 187 Å². The highest BCUT2D eigenvalue weighted by Gasteiger charge is 2.43. The zero-order valence-electron chi connectivity index (χ0n) is 19.6. The van der Waals surface area contributed by atoms with Crippen LogP contribution in [-0.4, -0.2) is 35.4 Å². The first-order valence-corrected chi connectivity index (χ1v) is 12.3. The van der Waals surface area contributed by atoms with Gasteiger partial charge in [-0.15, -0.1) is 0 Å². The predicted octanol–water partition coefficient (Wildman–Crippen LogP) is 5.12. The third kappa shape index (κ3) is 5.24. The minimum atomic E-state index is -0.598. The number of carbonyl (C=O) groups excluding carboxylic acids is 2. The van der Waals surface area contributed by atoms with E-state index >= 15 is 0 Å². The van der Waals surface area contributed by atoms with Gasteiger partial charge in [-0.2, -0.15) is 0 Å². The number of esters is 2. The summed E-state index contributed by atoms with van der Waals surface area (Å²) >= 11 is 0. The molecule has 1 aliphatic heterocycles. The lowest BCUT2D eigenvalue weighted by Crippen LogP contribution is -2.43. The van der Waals surface area contributed by atoms with E-state index in [0.717, 1.165) is 44.9 Å². The molecule has 0 aromatic carbocycles. The van der Waals surface area contributed by atoms with Gasteiger partial charge in [-0.1, -0.05) is 45.9 Å². The van der Waals surface area contributed by atoms with Crippen LogP contribution >= 0.6 is 0 Å². The largest absolute Gasteiger partial charge is 0.462 e. The fraction of sp³-hybridized carbons (Fsp3) is 0.769. The minimum absolute atomic E-state index is 0.0449. The van der Waals surface area contributed by atoms with Crippen molar-refractivity contribution >= 4 is 11.9 Å². The number of rotatable bonds is 8. The fourth-order valence-electron chi connectivity index (χ4n) is 5.82. The van der Waals surface area contributed by atoms with Crippen molar-refractivity contribution in [2.75, 3.05) is 0 Å². The van der Waals surface area contributed by atoms with Gasteiger partial charge in [0.2, 0.25) is 0 Å². The Hall–Kier alpha value is -1.62. The van der Waals surface area contributed by atoms with Crippen LogP contribution in [0.4, 0.5) is 0 Å². The molecule has 174 valence electrons. The highest BCUT2D eigenvalue weighted by Crippen LogP contribution is 2.45. The van der Waals surface area contributed by atoms with Crippen molar-refractivity contribution in [2.45, 2.75) is 104 Å². The number of allylic oxidation sites excluding steroid dienone is 3. The van der Waals surface area contributed by atoms with E-state index in [1.807, 2.05) is 0 Å². The summed E-state index contributed by atoms with van der Waals surface area (Å²) in [5.74, 6) is 0.521. The Morgan fingerprint density at radius 1 is 1.23 bits per heavy atom. The molecule has 0 saturated carbocycles. The van der Waals surface area contributed by atoms with Crippen molar-refractivity contribution in [1.82, 2.24) is 0 Å². The molecule has 6 atom stereocenters.